The lowest BCUT2D eigenvalue weighted by atomic mass is 10.1. The predicted molar refractivity (Wildman–Crippen MR) is 60.1 cm³/mol. The van der Waals surface area contributed by atoms with Gasteiger partial charge in [0.1, 0.15) is 0 Å². The summed E-state index contributed by atoms with van der Waals surface area (Å²) in [4.78, 5) is 0. The molecule has 0 heterocycles. The second-order valence-corrected chi connectivity index (χ2v) is 2.73. The molecule has 0 bridgehead atoms. The molecule has 2 aromatic rings. The van der Waals surface area contributed by atoms with Gasteiger partial charge in [-0.3, -0.25) is 4.70 Å². The summed E-state index contributed by atoms with van der Waals surface area (Å²) in [7, 11) is 0. The molecule has 0 atom stereocenters. The summed E-state index contributed by atoms with van der Waals surface area (Å²) in [6, 6.07) is 20.8. The van der Waals surface area contributed by atoms with Gasteiger partial charge in [0.2, 0.25) is 0 Å². The smallest absolute Gasteiger partial charge is 0 e. The van der Waals surface area contributed by atoms with Crippen LogP contribution >= 0.6 is 0 Å². The van der Waals surface area contributed by atoms with Gasteiger partial charge in [-0.1, -0.05) is 60.7 Å². The van der Waals surface area contributed by atoms with Gasteiger partial charge in [0, 0.05) is 8.41 Å². The Morgan fingerprint density at radius 3 is 1.07 bits per heavy atom. The monoisotopic (exact) mass is 185 g/mol. The first-order valence-electron chi connectivity index (χ1n) is 4.07. The third-order valence-corrected chi connectivity index (χ3v) is 1.88. The molecule has 2 rings (SSSR count). The molecule has 0 aliphatic rings. The minimum Gasteiger partial charge on any atom is -0.269 e. The van der Waals surface area contributed by atoms with Crippen LogP contribution in [0.2, 0.25) is 0 Å². The van der Waals surface area contributed by atoms with Crippen molar-refractivity contribution in [2.24, 2.45) is 0 Å². The highest BCUT2D eigenvalue weighted by Crippen LogP contribution is 2.17. The molecule has 0 aliphatic heterocycles. The first-order chi connectivity index (χ1) is 5.97. The van der Waals surface area contributed by atoms with Crippen molar-refractivity contribution in [2.75, 3.05) is 0 Å². The van der Waals surface area contributed by atoms with E-state index in [9.17, 15) is 0 Å². The maximum atomic E-state index is 2.12. The molecule has 0 aliphatic carbocycles. The summed E-state index contributed by atoms with van der Waals surface area (Å²) in [5, 5.41) is 0. The third-order valence-electron chi connectivity index (χ3n) is 1.88. The Balaban J connectivity index is 0.000000845. The molecule has 0 saturated heterocycles. The topological polar surface area (TPSA) is 0 Å². The highest BCUT2D eigenvalue weighted by atomic mass is 19.0. The van der Waals surface area contributed by atoms with E-state index in [2.05, 4.69) is 48.5 Å². The molecule has 14 heavy (non-hydrogen) atoms. The van der Waals surface area contributed by atoms with E-state index in [1.54, 1.807) is 0 Å². The van der Waals surface area contributed by atoms with Crippen molar-refractivity contribution in [3.63, 3.8) is 0 Å². The summed E-state index contributed by atoms with van der Waals surface area (Å²) in [5.74, 6) is 0. The maximum Gasteiger partial charge on any atom is 0 e. The van der Waals surface area contributed by atoms with Crippen LogP contribution in [0.25, 0.3) is 11.1 Å². The molecule has 3 radical (unpaired) electrons. The molecule has 2 heteroatoms. The van der Waals surface area contributed by atoms with Gasteiger partial charge in [0.05, 0.1) is 0 Å². The molecule has 0 N–H and O–H groups in total. The number of rotatable bonds is 1. The summed E-state index contributed by atoms with van der Waals surface area (Å²) in [6.45, 7) is 0. The molecule has 0 fully saturated rings. The van der Waals surface area contributed by atoms with Crippen molar-refractivity contribution in [3.8, 4) is 11.1 Å². The number of halogens is 1. The molecule has 0 aromatic heterocycles. The molecular weight excluding hydrogens is 174 g/mol. The van der Waals surface area contributed by atoms with Gasteiger partial charge in [-0.2, -0.15) is 0 Å². The van der Waals surface area contributed by atoms with Gasteiger partial charge >= 0.3 is 0 Å². The Hall–Kier alpha value is -1.57. The zero-order chi connectivity index (χ0) is 8.23. The van der Waals surface area contributed by atoms with Crippen LogP contribution in [-0.2, 0) is 0 Å². The Morgan fingerprint density at radius 2 is 0.786 bits per heavy atom. The molecular formula is C12H11BF. The van der Waals surface area contributed by atoms with Crippen LogP contribution in [0.15, 0.2) is 60.7 Å². The van der Waals surface area contributed by atoms with Crippen LogP contribution in [0, 0.1) is 0 Å². The van der Waals surface area contributed by atoms with Gasteiger partial charge in [-0.05, 0) is 11.1 Å². The molecule has 0 spiro atoms. The standard InChI is InChI=1S/C12H10.B.FH/c1-3-7-11(8-4-1)12-9-5-2-6-10-12;;/h1-10H;;1H. The van der Waals surface area contributed by atoms with Gasteiger partial charge in [0.25, 0.3) is 0 Å². The lowest BCUT2D eigenvalue weighted by molar-refractivity contribution is 1.11. The molecule has 69 valence electrons. The Bertz CT molecular complexity index is 308. The van der Waals surface area contributed by atoms with E-state index in [4.69, 9.17) is 0 Å². The van der Waals surface area contributed by atoms with E-state index in [-0.39, 0.29) is 13.1 Å². The Morgan fingerprint density at radius 1 is 0.500 bits per heavy atom. The van der Waals surface area contributed by atoms with Crippen LogP contribution in [0.3, 0.4) is 0 Å². The van der Waals surface area contributed by atoms with Crippen LogP contribution < -0.4 is 0 Å². The van der Waals surface area contributed by atoms with E-state index >= 15 is 0 Å². The second kappa shape index (κ2) is 5.98. The van der Waals surface area contributed by atoms with E-state index in [1.807, 2.05) is 12.1 Å². The minimum absolute atomic E-state index is 0. The molecule has 0 nitrogen and oxygen atoms in total. The SMILES string of the molecule is F.[B].c1ccc(-c2ccccc2)cc1. The Labute approximate surface area is 85.5 Å². The largest absolute Gasteiger partial charge is 0.269 e. The number of benzene rings is 2. The van der Waals surface area contributed by atoms with Crippen molar-refractivity contribution in [2.45, 2.75) is 0 Å². The summed E-state index contributed by atoms with van der Waals surface area (Å²) in [6.07, 6.45) is 0. The average molecular weight is 185 g/mol. The van der Waals surface area contributed by atoms with E-state index in [0.717, 1.165) is 0 Å². The van der Waals surface area contributed by atoms with Crippen molar-refractivity contribution >= 4 is 8.41 Å². The second-order valence-electron chi connectivity index (χ2n) is 2.73. The average Bonchev–Trinajstić information content (AvgIpc) is 2.21. The molecule has 0 amide bonds. The first-order valence-corrected chi connectivity index (χ1v) is 4.07. The fourth-order valence-corrected chi connectivity index (χ4v) is 1.26. The zero-order valence-electron chi connectivity index (χ0n) is 7.76. The maximum absolute atomic E-state index is 2.12. The lowest BCUT2D eigenvalue weighted by Gasteiger charge is -1.98. The van der Waals surface area contributed by atoms with Crippen molar-refractivity contribution in [1.82, 2.24) is 0 Å². The van der Waals surface area contributed by atoms with E-state index in [1.165, 1.54) is 11.1 Å². The molecule has 0 unspecified atom stereocenters. The van der Waals surface area contributed by atoms with E-state index < -0.39 is 0 Å². The van der Waals surface area contributed by atoms with Gasteiger partial charge in [-0.25, -0.2) is 0 Å². The molecule has 0 saturated carbocycles. The minimum atomic E-state index is 0. The number of hydrogen-bond acceptors (Lipinski definition) is 0. The zero-order valence-corrected chi connectivity index (χ0v) is 7.76. The predicted octanol–water partition coefficient (Wildman–Crippen LogP) is 3.13. The van der Waals surface area contributed by atoms with Crippen LogP contribution in [0.1, 0.15) is 0 Å². The lowest BCUT2D eigenvalue weighted by Crippen LogP contribution is -1.73. The summed E-state index contributed by atoms with van der Waals surface area (Å²) >= 11 is 0. The quantitative estimate of drug-likeness (QED) is 0.598. The summed E-state index contributed by atoms with van der Waals surface area (Å²) in [5.41, 5.74) is 2.55. The first kappa shape index (κ1) is 12.4. The van der Waals surface area contributed by atoms with Crippen molar-refractivity contribution < 1.29 is 4.70 Å². The van der Waals surface area contributed by atoms with Gasteiger partial charge < -0.3 is 0 Å². The van der Waals surface area contributed by atoms with Gasteiger partial charge in [0.15, 0.2) is 0 Å². The van der Waals surface area contributed by atoms with E-state index in [0.29, 0.717) is 0 Å². The van der Waals surface area contributed by atoms with Crippen LogP contribution in [0.5, 0.6) is 0 Å². The normalized spacial score (nSPS) is 8.29. The van der Waals surface area contributed by atoms with Gasteiger partial charge in [-0.15, -0.1) is 0 Å². The fourth-order valence-electron chi connectivity index (χ4n) is 1.26. The third kappa shape index (κ3) is 2.73. The summed E-state index contributed by atoms with van der Waals surface area (Å²) < 4.78 is 0. The highest BCUT2D eigenvalue weighted by molar-refractivity contribution is 5.75. The van der Waals surface area contributed by atoms with Crippen LogP contribution in [-0.4, -0.2) is 8.41 Å². The molecule has 2 aromatic carbocycles. The highest BCUT2D eigenvalue weighted by Gasteiger charge is 1.91. The van der Waals surface area contributed by atoms with Crippen molar-refractivity contribution in [3.05, 3.63) is 60.7 Å². The van der Waals surface area contributed by atoms with Crippen molar-refractivity contribution in [1.29, 1.82) is 0 Å². The fraction of sp³-hybridized carbons (Fsp3) is 0. The van der Waals surface area contributed by atoms with Crippen LogP contribution in [0.4, 0.5) is 4.70 Å². The Kier molecular flexibility index (Phi) is 5.31. The number of hydrogen-bond donors (Lipinski definition) is 0.